The molecule has 0 radical (unpaired) electrons. The second-order valence-corrected chi connectivity index (χ2v) is 4.42. The van der Waals surface area contributed by atoms with Crippen molar-refractivity contribution >= 4 is 23.8 Å². The zero-order chi connectivity index (χ0) is 13.8. The van der Waals surface area contributed by atoms with Gasteiger partial charge < -0.3 is 9.97 Å². The minimum absolute atomic E-state index is 0.186. The Morgan fingerprint density at radius 1 is 1.11 bits per heavy atom. The van der Waals surface area contributed by atoms with Crippen molar-refractivity contribution in [3.05, 3.63) is 66.3 Å². The lowest BCUT2D eigenvalue weighted by Gasteiger charge is -1.96. The molecule has 0 aliphatic carbocycles. The second kappa shape index (κ2) is 5.71. The van der Waals surface area contributed by atoms with Gasteiger partial charge in [0.15, 0.2) is 0 Å². The van der Waals surface area contributed by atoms with E-state index in [4.69, 9.17) is 11.6 Å². The zero-order valence-electron chi connectivity index (χ0n) is 10.4. The Kier molecular flexibility index (Phi) is 4.02. The molecule has 5 heteroatoms. The van der Waals surface area contributed by atoms with Crippen molar-refractivity contribution in [2.45, 2.75) is 13.3 Å². The number of H-pyrrole nitrogens is 2. The highest BCUT2D eigenvalue weighted by Gasteiger charge is 1.98. The standard InChI is InChI=1S/C14H13ClN2O2/c1-2-5-11-13(18)17-12(14(19)16-11)8-9-6-3-4-7-10(9)15/h3-8H,2H2,1H3,(H,16,19)(H,17,18). The number of nitrogens with one attached hydrogen (secondary N) is 2. The molecule has 0 fully saturated rings. The van der Waals surface area contributed by atoms with Crippen LogP contribution in [0.3, 0.4) is 0 Å². The van der Waals surface area contributed by atoms with E-state index >= 15 is 0 Å². The van der Waals surface area contributed by atoms with E-state index in [1.54, 1.807) is 30.4 Å². The lowest BCUT2D eigenvalue weighted by Crippen LogP contribution is -2.46. The summed E-state index contributed by atoms with van der Waals surface area (Å²) in [6.45, 7) is 1.89. The summed E-state index contributed by atoms with van der Waals surface area (Å²) in [6.07, 6.45) is 3.89. The molecular weight excluding hydrogens is 264 g/mol. The van der Waals surface area contributed by atoms with Crippen molar-refractivity contribution in [1.29, 1.82) is 0 Å². The van der Waals surface area contributed by atoms with Crippen LogP contribution >= 0.6 is 11.6 Å². The van der Waals surface area contributed by atoms with Crippen molar-refractivity contribution < 1.29 is 0 Å². The van der Waals surface area contributed by atoms with Gasteiger partial charge in [-0.05, 0) is 24.1 Å². The van der Waals surface area contributed by atoms with Crippen LogP contribution in [0.2, 0.25) is 5.02 Å². The zero-order valence-corrected chi connectivity index (χ0v) is 11.1. The Hall–Kier alpha value is -2.07. The fourth-order valence-corrected chi connectivity index (χ4v) is 1.88. The van der Waals surface area contributed by atoms with E-state index in [0.29, 0.717) is 17.0 Å². The third-order valence-corrected chi connectivity index (χ3v) is 2.94. The first-order valence-electron chi connectivity index (χ1n) is 5.91. The molecule has 98 valence electrons. The van der Waals surface area contributed by atoms with Crippen molar-refractivity contribution in [2.24, 2.45) is 0 Å². The molecule has 2 rings (SSSR count). The number of aromatic amines is 2. The third-order valence-electron chi connectivity index (χ3n) is 2.60. The summed E-state index contributed by atoms with van der Waals surface area (Å²) in [5, 5.41) is 0.988. The van der Waals surface area contributed by atoms with Gasteiger partial charge in [-0.25, -0.2) is 0 Å². The lowest BCUT2D eigenvalue weighted by atomic mass is 10.2. The van der Waals surface area contributed by atoms with Crippen LogP contribution in [0.1, 0.15) is 18.9 Å². The van der Waals surface area contributed by atoms with Crippen LogP contribution in [-0.4, -0.2) is 9.97 Å². The minimum Gasteiger partial charge on any atom is -0.316 e. The first-order valence-corrected chi connectivity index (χ1v) is 6.28. The second-order valence-electron chi connectivity index (χ2n) is 4.01. The maximum absolute atomic E-state index is 11.9. The van der Waals surface area contributed by atoms with Gasteiger partial charge in [0.1, 0.15) is 10.7 Å². The molecule has 2 aromatic rings. The normalized spacial score (nSPS) is 12.9. The number of aromatic nitrogens is 2. The average Bonchev–Trinajstić information content (AvgIpc) is 2.38. The fraction of sp³-hybridized carbons (Fsp3) is 0.143. The molecule has 4 nitrogen and oxygen atoms in total. The van der Waals surface area contributed by atoms with Crippen molar-refractivity contribution in [3.63, 3.8) is 0 Å². The Balaban J connectivity index is 2.69. The SMILES string of the molecule is CCC=c1[nH]c(=O)c(=Cc2ccccc2Cl)[nH]c1=O. The topological polar surface area (TPSA) is 65.7 Å². The summed E-state index contributed by atoms with van der Waals surface area (Å²) in [5.41, 5.74) is 0.0107. The average molecular weight is 277 g/mol. The first kappa shape index (κ1) is 13.4. The van der Waals surface area contributed by atoms with E-state index < -0.39 is 0 Å². The maximum Gasteiger partial charge on any atom is 0.272 e. The molecular formula is C14H13ClN2O2. The number of hydrogen-bond acceptors (Lipinski definition) is 2. The minimum atomic E-state index is -0.348. The van der Waals surface area contributed by atoms with Gasteiger partial charge in [-0.2, -0.15) is 0 Å². The summed E-state index contributed by atoms with van der Waals surface area (Å²) in [6, 6.07) is 7.10. The molecule has 1 aromatic heterocycles. The summed E-state index contributed by atoms with van der Waals surface area (Å²) in [5.74, 6) is 0. The van der Waals surface area contributed by atoms with Crippen LogP contribution in [0.25, 0.3) is 12.2 Å². The van der Waals surface area contributed by atoms with E-state index in [0.717, 1.165) is 0 Å². The summed E-state index contributed by atoms with van der Waals surface area (Å²) >= 11 is 6.01. The predicted molar refractivity (Wildman–Crippen MR) is 76.7 cm³/mol. The molecule has 0 amide bonds. The van der Waals surface area contributed by atoms with Gasteiger partial charge in [-0.15, -0.1) is 0 Å². The number of rotatable bonds is 2. The molecule has 2 N–H and O–H groups in total. The molecule has 1 heterocycles. The van der Waals surface area contributed by atoms with Crippen LogP contribution in [0.5, 0.6) is 0 Å². The molecule has 0 saturated carbocycles. The van der Waals surface area contributed by atoms with Gasteiger partial charge in [-0.3, -0.25) is 9.59 Å². The van der Waals surface area contributed by atoms with Gasteiger partial charge in [-0.1, -0.05) is 42.8 Å². The van der Waals surface area contributed by atoms with E-state index in [2.05, 4.69) is 9.97 Å². The summed E-state index contributed by atoms with van der Waals surface area (Å²) in [7, 11) is 0. The van der Waals surface area contributed by atoms with Gasteiger partial charge in [0.05, 0.1) is 0 Å². The van der Waals surface area contributed by atoms with E-state index in [1.807, 2.05) is 13.0 Å². The van der Waals surface area contributed by atoms with Gasteiger partial charge >= 0.3 is 0 Å². The number of halogens is 1. The van der Waals surface area contributed by atoms with Crippen LogP contribution < -0.4 is 21.8 Å². The smallest absolute Gasteiger partial charge is 0.272 e. The highest BCUT2D eigenvalue weighted by molar-refractivity contribution is 6.32. The largest absolute Gasteiger partial charge is 0.316 e. The molecule has 19 heavy (non-hydrogen) atoms. The number of hydrogen-bond donors (Lipinski definition) is 2. The van der Waals surface area contributed by atoms with Gasteiger partial charge in [0.25, 0.3) is 11.1 Å². The maximum atomic E-state index is 11.9. The van der Waals surface area contributed by atoms with Crippen LogP contribution in [0.15, 0.2) is 33.9 Å². The third kappa shape index (κ3) is 3.03. The molecule has 0 atom stereocenters. The van der Waals surface area contributed by atoms with E-state index in [1.165, 1.54) is 0 Å². The van der Waals surface area contributed by atoms with Crippen LogP contribution in [-0.2, 0) is 0 Å². The lowest BCUT2D eigenvalue weighted by molar-refractivity contribution is 0.995. The Labute approximate surface area is 114 Å². The molecule has 0 aliphatic rings. The monoisotopic (exact) mass is 276 g/mol. The molecule has 0 aliphatic heterocycles. The highest BCUT2D eigenvalue weighted by Crippen LogP contribution is 2.14. The summed E-state index contributed by atoms with van der Waals surface area (Å²) < 4.78 is 0. The fourth-order valence-electron chi connectivity index (χ4n) is 1.69. The first-order chi connectivity index (χ1) is 9.11. The predicted octanol–water partition coefficient (Wildman–Crippen LogP) is 0.736. The van der Waals surface area contributed by atoms with Crippen molar-refractivity contribution in [1.82, 2.24) is 9.97 Å². The van der Waals surface area contributed by atoms with Gasteiger partial charge in [0.2, 0.25) is 0 Å². The summed E-state index contributed by atoms with van der Waals surface area (Å²) in [4.78, 5) is 28.7. The van der Waals surface area contributed by atoms with Gasteiger partial charge in [0, 0.05) is 5.02 Å². The molecule has 0 unspecified atom stereocenters. The van der Waals surface area contributed by atoms with Crippen LogP contribution in [0.4, 0.5) is 0 Å². The number of benzene rings is 1. The molecule has 0 bridgehead atoms. The van der Waals surface area contributed by atoms with Crippen molar-refractivity contribution in [3.8, 4) is 0 Å². The van der Waals surface area contributed by atoms with Crippen LogP contribution in [0, 0.1) is 0 Å². The van der Waals surface area contributed by atoms with Crippen molar-refractivity contribution in [2.75, 3.05) is 0 Å². The Bertz CT molecular complexity index is 818. The molecule has 0 spiro atoms. The van der Waals surface area contributed by atoms with E-state index in [9.17, 15) is 9.59 Å². The Morgan fingerprint density at radius 3 is 2.42 bits per heavy atom. The van der Waals surface area contributed by atoms with E-state index in [-0.39, 0.29) is 21.8 Å². The molecule has 1 aromatic carbocycles. The highest BCUT2D eigenvalue weighted by atomic mass is 35.5. The quantitative estimate of drug-likeness (QED) is 0.849. The molecule has 0 saturated heterocycles. The Morgan fingerprint density at radius 2 is 1.74 bits per heavy atom.